The third-order valence-electron chi connectivity index (χ3n) is 5.60. The van der Waals surface area contributed by atoms with Gasteiger partial charge in [-0.2, -0.15) is 18.3 Å². The van der Waals surface area contributed by atoms with Crippen molar-refractivity contribution in [3.63, 3.8) is 0 Å². The van der Waals surface area contributed by atoms with Gasteiger partial charge in [0.15, 0.2) is 15.5 Å². The summed E-state index contributed by atoms with van der Waals surface area (Å²) in [5, 5.41) is 13.7. The predicted molar refractivity (Wildman–Crippen MR) is 121 cm³/mol. The van der Waals surface area contributed by atoms with Crippen LogP contribution in [0.2, 0.25) is 0 Å². The molecule has 1 amide bonds. The molecule has 0 aliphatic carbocycles. The Morgan fingerprint density at radius 3 is 2.44 bits per heavy atom. The van der Waals surface area contributed by atoms with Gasteiger partial charge in [-0.05, 0) is 49.9 Å². The lowest BCUT2D eigenvalue weighted by molar-refractivity contribution is -0.141. The molecule has 0 aliphatic rings. The highest BCUT2D eigenvalue weighted by molar-refractivity contribution is 7.93. The normalized spacial score (nSPS) is 13.6. The summed E-state index contributed by atoms with van der Waals surface area (Å²) >= 11 is 0. The lowest BCUT2D eigenvalue weighted by atomic mass is 10.0. The minimum atomic E-state index is -4.84. The van der Waals surface area contributed by atoms with Crippen molar-refractivity contribution in [1.29, 1.82) is 5.41 Å². The van der Waals surface area contributed by atoms with Crippen LogP contribution >= 0.6 is 0 Å². The molecule has 0 saturated heterocycles. The van der Waals surface area contributed by atoms with Gasteiger partial charge in [-0.15, -0.1) is 0 Å². The van der Waals surface area contributed by atoms with Crippen LogP contribution in [-0.2, 0) is 23.1 Å². The number of aryl methyl sites for hydroxylation is 1. The second kappa shape index (κ2) is 9.85. The van der Waals surface area contributed by atoms with E-state index < -0.39 is 55.4 Å². The van der Waals surface area contributed by atoms with Crippen molar-refractivity contribution < 1.29 is 30.8 Å². The van der Waals surface area contributed by atoms with E-state index >= 15 is 0 Å². The maximum Gasteiger partial charge on any atom is 0.435 e. The quantitative estimate of drug-likeness (QED) is 0.372. The molecule has 7 nitrogen and oxygen atoms in total. The molecular weight excluding hydrogens is 476 g/mol. The molecule has 1 heterocycles. The van der Waals surface area contributed by atoms with E-state index in [2.05, 4.69) is 10.4 Å². The van der Waals surface area contributed by atoms with Crippen LogP contribution in [0.1, 0.15) is 68.1 Å². The highest BCUT2D eigenvalue weighted by Gasteiger charge is 2.40. The zero-order valence-corrected chi connectivity index (χ0v) is 20.4. The number of halogens is 4. The Morgan fingerprint density at radius 1 is 1.26 bits per heavy atom. The number of carbonyl (C=O) groups excluding carboxylic acids is 1. The summed E-state index contributed by atoms with van der Waals surface area (Å²) in [6.07, 6.45) is -3.00. The van der Waals surface area contributed by atoms with Crippen molar-refractivity contribution in [3.05, 3.63) is 47.0 Å². The number of nitrogens with zero attached hydrogens (tertiary/aromatic N) is 2. The van der Waals surface area contributed by atoms with Crippen LogP contribution in [0, 0.1) is 11.2 Å². The van der Waals surface area contributed by atoms with Crippen LogP contribution in [0.5, 0.6) is 0 Å². The van der Waals surface area contributed by atoms with Gasteiger partial charge in [0.1, 0.15) is 10.6 Å². The van der Waals surface area contributed by atoms with Crippen LogP contribution in [0.3, 0.4) is 0 Å². The lowest BCUT2D eigenvalue weighted by Crippen LogP contribution is -2.42. The first kappa shape index (κ1) is 27.5. The fourth-order valence-corrected chi connectivity index (χ4v) is 5.16. The van der Waals surface area contributed by atoms with Crippen LogP contribution in [0.25, 0.3) is 0 Å². The van der Waals surface area contributed by atoms with E-state index in [1.807, 2.05) is 6.92 Å². The molecule has 0 fully saturated rings. The molecule has 0 radical (unpaired) electrons. The van der Waals surface area contributed by atoms with Crippen molar-refractivity contribution in [2.75, 3.05) is 11.1 Å². The highest BCUT2D eigenvalue weighted by Crippen LogP contribution is 2.32. The number of alkyl halides is 3. The van der Waals surface area contributed by atoms with E-state index in [1.54, 1.807) is 0 Å². The number of benzene rings is 1. The first-order valence-electron chi connectivity index (χ1n) is 10.5. The van der Waals surface area contributed by atoms with Gasteiger partial charge >= 0.3 is 6.18 Å². The number of amides is 1. The second-order valence-corrected chi connectivity index (χ2v) is 11.3. The van der Waals surface area contributed by atoms with E-state index in [9.17, 15) is 30.8 Å². The third-order valence-corrected chi connectivity index (χ3v) is 8.34. The van der Waals surface area contributed by atoms with Crippen molar-refractivity contribution in [1.82, 2.24) is 9.78 Å². The standard InChI is InChI=1S/C22H28F4N4O3S/c1-6-7-18(27)21(3,4)34(32,33)12-13(2)15-10-14(8-9-17(15)23)28-20(31)16-11-30(5)29-19(16)22(24,25)26/h8-11,13,27H,6-7,12H2,1-5H3,(H,28,31)/t13-/m0/s1. The summed E-state index contributed by atoms with van der Waals surface area (Å²) in [6, 6.07) is 3.37. The van der Waals surface area contributed by atoms with Gasteiger partial charge < -0.3 is 10.7 Å². The zero-order chi connectivity index (χ0) is 26.1. The molecule has 2 aromatic rings. The lowest BCUT2D eigenvalue weighted by Gasteiger charge is -2.27. The molecule has 0 aliphatic heterocycles. The molecule has 0 bridgehead atoms. The molecule has 0 spiro atoms. The molecule has 0 saturated carbocycles. The Kier molecular flexibility index (Phi) is 7.96. The van der Waals surface area contributed by atoms with Gasteiger partial charge in [-0.1, -0.05) is 20.3 Å². The highest BCUT2D eigenvalue weighted by atomic mass is 32.2. The average Bonchev–Trinajstić information content (AvgIpc) is 3.11. The smallest absolute Gasteiger partial charge is 0.322 e. The Morgan fingerprint density at radius 2 is 1.88 bits per heavy atom. The molecule has 188 valence electrons. The molecule has 2 N–H and O–H groups in total. The van der Waals surface area contributed by atoms with Gasteiger partial charge in [0.25, 0.3) is 5.91 Å². The van der Waals surface area contributed by atoms with Gasteiger partial charge in [-0.25, -0.2) is 12.8 Å². The van der Waals surface area contributed by atoms with E-state index in [-0.39, 0.29) is 17.0 Å². The number of hydrogen-bond acceptors (Lipinski definition) is 5. The topological polar surface area (TPSA) is 105 Å². The SMILES string of the molecule is CCCC(=N)C(C)(C)S(=O)(=O)C[C@H](C)c1cc(NC(=O)c2cn(C)nc2C(F)(F)F)ccc1F. The van der Waals surface area contributed by atoms with Gasteiger partial charge in [0.05, 0.1) is 11.3 Å². The first-order valence-corrected chi connectivity index (χ1v) is 12.2. The average molecular weight is 505 g/mol. The van der Waals surface area contributed by atoms with E-state index in [0.717, 1.165) is 16.9 Å². The molecular formula is C22H28F4N4O3S. The predicted octanol–water partition coefficient (Wildman–Crippen LogP) is 4.95. The first-order chi connectivity index (χ1) is 15.5. The Balaban J connectivity index is 2.30. The van der Waals surface area contributed by atoms with Gasteiger partial charge in [-0.3, -0.25) is 9.48 Å². The third kappa shape index (κ3) is 5.83. The van der Waals surface area contributed by atoms with Crippen LogP contribution in [0.4, 0.5) is 23.2 Å². The van der Waals surface area contributed by atoms with Crippen LogP contribution < -0.4 is 5.32 Å². The van der Waals surface area contributed by atoms with Crippen molar-refractivity contribution in [3.8, 4) is 0 Å². The Hall–Kier alpha value is -2.76. The number of anilines is 1. The maximum absolute atomic E-state index is 14.5. The minimum absolute atomic E-state index is 0.000566. The zero-order valence-electron chi connectivity index (χ0n) is 19.5. The number of aromatic nitrogens is 2. The molecule has 0 unspecified atom stereocenters. The molecule has 1 aromatic carbocycles. The fourth-order valence-electron chi connectivity index (χ4n) is 3.43. The maximum atomic E-state index is 14.5. The minimum Gasteiger partial charge on any atom is -0.322 e. The molecule has 1 atom stereocenters. The molecule has 1 aromatic heterocycles. The monoisotopic (exact) mass is 504 g/mol. The molecule has 12 heteroatoms. The summed E-state index contributed by atoms with van der Waals surface area (Å²) in [5.41, 5.74) is -2.03. The van der Waals surface area contributed by atoms with Crippen LogP contribution in [0.15, 0.2) is 24.4 Å². The summed E-state index contributed by atoms with van der Waals surface area (Å²) < 4.78 is 79.5. The number of nitrogens with one attached hydrogen (secondary N) is 2. The Labute approximate surface area is 196 Å². The second-order valence-electron chi connectivity index (χ2n) is 8.67. The van der Waals surface area contributed by atoms with E-state index in [0.29, 0.717) is 12.8 Å². The van der Waals surface area contributed by atoms with E-state index in [4.69, 9.17) is 5.41 Å². The number of hydrogen-bond donors (Lipinski definition) is 2. The van der Waals surface area contributed by atoms with Crippen molar-refractivity contribution >= 4 is 27.1 Å². The fraction of sp³-hybridized carbons (Fsp3) is 0.500. The summed E-state index contributed by atoms with van der Waals surface area (Å²) in [5.74, 6) is -3.12. The number of sulfone groups is 1. The Bertz CT molecular complexity index is 1190. The molecule has 34 heavy (non-hydrogen) atoms. The van der Waals surface area contributed by atoms with Crippen molar-refractivity contribution in [2.24, 2.45) is 7.05 Å². The largest absolute Gasteiger partial charge is 0.435 e. The van der Waals surface area contributed by atoms with Crippen LogP contribution in [-0.4, -0.2) is 40.3 Å². The summed E-state index contributed by atoms with van der Waals surface area (Å²) in [6.45, 7) is 6.19. The summed E-state index contributed by atoms with van der Waals surface area (Å²) in [7, 11) is -2.62. The van der Waals surface area contributed by atoms with E-state index in [1.165, 1.54) is 40.0 Å². The molecule has 2 rings (SSSR count). The van der Waals surface area contributed by atoms with Crippen molar-refractivity contribution in [2.45, 2.75) is 57.4 Å². The van der Waals surface area contributed by atoms with Gasteiger partial charge in [0.2, 0.25) is 0 Å². The number of carbonyl (C=O) groups is 1. The summed E-state index contributed by atoms with van der Waals surface area (Å²) in [4.78, 5) is 12.5. The number of rotatable bonds is 9. The van der Waals surface area contributed by atoms with Gasteiger partial charge in [0, 0.05) is 24.6 Å².